The van der Waals surface area contributed by atoms with Crippen LogP contribution in [0.5, 0.6) is 5.75 Å². The number of nitrogens with zero attached hydrogens (tertiary/aromatic N) is 2. The summed E-state index contributed by atoms with van der Waals surface area (Å²) in [6, 6.07) is 7.34. The smallest absolute Gasteiger partial charge is 0.409 e. The largest absolute Gasteiger partial charge is 0.482 e. The number of para-hydroxylation sites is 2. The first kappa shape index (κ1) is 18.0. The molecule has 8 nitrogen and oxygen atoms in total. The molecule has 0 radical (unpaired) electrons. The van der Waals surface area contributed by atoms with Gasteiger partial charge in [0, 0.05) is 32.1 Å². The number of methoxy groups -OCH3 is 1. The third kappa shape index (κ3) is 4.07. The summed E-state index contributed by atoms with van der Waals surface area (Å²) < 4.78 is 10.1. The van der Waals surface area contributed by atoms with E-state index in [9.17, 15) is 14.4 Å². The second-order valence-electron chi connectivity index (χ2n) is 6.35. The molecule has 1 aromatic rings. The topological polar surface area (TPSA) is 88.2 Å². The Morgan fingerprint density at radius 3 is 2.73 bits per heavy atom. The fourth-order valence-corrected chi connectivity index (χ4v) is 3.25. The van der Waals surface area contributed by atoms with Gasteiger partial charge in [-0.2, -0.15) is 0 Å². The molecular formula is C18H23N3O5. The number of amides is 3. The maximum absolute atomic E-state index is 12.3. The van der Waals surface area contributed by atoms with Crippen molar-refractivity contribution in [2.75, 3.05) is 38.3 Å². The van der Waals surface area contributed by atoms with Gasteiger partial charge < -0.3 is 24.6 Å². The lowest BCUT2D eigenvalue weighted by Crippen LogP contribution is -2.47. The number of rotatable bonds is 4. The maximum Gasteiger partial charge on any atom is 0.409 e. The molecule has 2 aliphatic heterocycles. The number of nitrogens with one attached hydrogen (secondary N) is 1. The highest BCUT2D eigenvalue weighted by Crippen LogP contribution is 2.31. The van der Waals surface area contributed by atoms with Crippen LogP contribution in [0.15, 0.2) is 24.3 Å². The molecule has 0 spiro atoms. The number of carbonyl (C=O) groups is 3. The fraction of sp³-hybridized carbons (Fsp3) is 0.500. The lowest BCUT2D eigenvalue weighted by atomic mass is 10.1. The molecule has 8 heteroatoms. The van der Waals surface area contributed by atoms with E-state index in [4.69, 9.17) is 9.47 Å². The van der Waals surface area contributed by atoms with Crippen molar-refractivity contribution in [3.63, 3.8) is 0 Å². The lowest BCUT2D eigenvalue weighted by molar-refractivity contribution is -0.122. The van der Waals surface area contributed by atoms with Crippen LogP contribution in [0.1, 0.15) is 19.3 Å². The van der Waals surface area contributed by atoms with E-state index in [-0.39, 0.29) is 37.0 Å². The number of piperidine rings is 1. The average Bonchev–Trinajstić information content (AvgIpc) is 2.67. The molecule has 26 heavy (non-hydrogen) atoms. The summed E-state index contributed by atoms with van der Waals surface area (Å²) in [5.41, 5.74) is 0.697. The quantitative estimate of drug-likeness (QED) is 0.869. The number of benzene rings is 1. The lowest BCUT2D eigenvalue weighted by Gasteiger charge is -2.32. The zero-order valence-electron chi connectivity index (χ0n) is 14.8. The van der Waals surface area contributed by atoms with Gasteiger partial charge in [0.25, 0.3) is 5.91 Å². The second-order valence-corrected chi connectivity index (χ2v) is 6.35. The van der Waals surface area contributed by atoms with Gasteiger partial charge in [-0.1, -0.05) is 12.1 Å². The van der Waals surface area contributed by atoms with Crippen molar-refractivity contribution >= 4 is 23.6 Å². The van der Waals surface area contributed by atoms with Crippen molar-refractivity contribution in [2.24, 2.45) is 0 Å². The molecule has 3 amide bonds. The average molecular weight is 361 g/mol. The first-order valence-electron chi connectivity index (χ1n) is 8.73. The normalized spacial score (nSPS) is 17.3. The van der Waals surface area contributed by atoms with Gasteiger partial charge in [0.1, 0.15) is 5.75 Å². The van der Waals surface area contributed by atoms with Crippen molar-refractivity contribution in [3.8, 4) is 5.75 Å². The number of ether oxygens (including phenoxy) is 2. The number of anilines is 1. The van der Waals surface area contributed by atoms with E-state index < -0.39 is 0 Å². The highest BCUT2D eigenvalue weighted by molar-refractivity contribution is 5.98. The van der Waals surface area contributed by atoms with Crippen molar-refractivity contribution in [1.82, 2.24) is 10.2 Å². The molecule has 0 atom stereocenters. The monoisotopic (exact) mass is 361 g/mol. The highest BCUT2D eigenvalue weighted by Gasteiger charge is 2.27. The Hall–Kier alpha value is -2.77. The molecule has 3 rings (SSSR count). The Morgan fingerprint density at radius 2 is 2.00 bits per heavy atom. The van der Waals surface area contributed by atoms with Crippen LogP contribution in [0.2, 0.25) is 0 Å². The molecule has 0 aromatic heterocycles. The van der Waals surface area contributed by atoms with Gasteiger partial charge in [0.2, 0.25) is 5.91 Å². The first-order chi connectivity index (χ1) is 12.6. The van der Waals surface area contributed by atoms with Crippen molar-refractivity contribution in [2.45, 2.75) is 25.3 Å². The van der Waals surface area contributed by atoms with Crippen LogP contribution in [-0.4, -0.2) is 62.2 Å². The molecule has 1 saturated heterocycles. The van der Waals surface area contributed by atoms with Gasteiger partial charge >= 0.3 is 6.09 Å². The SMILES string of the molecule is COC(=O)N1CCC(NC(=O)CCN2C(=O)COc3ccccc32)CC1. The van der Waals surface area contributed by atoms with Crippen molar-refractivity contribution in [1.29, 1.82) is 0 Å². The van der Waals surface area contributed by atoms with Gasteiger partial charge in [0.15, 0.2) is 6.61 Å². The Labute approximate surface area is 152 Å². The molecule has 0 saturated carbocycles. The van der Waals surface area contributed by atoms with Gasteiger partial charge in [-0.05, 0) is 25.0 Å². The van der Waals surface area contributed by atoms with Gasteiger partial charge in [0.05, 0.1) is 12.8 Å². The number of likely N-dealkylation sites (tertiary alicyclic amines) is 1. The summed E-state index contributed by atoms with van der Waals surface area (Å²) in [5.74, 6) is 0.406. The van der Waals surface area contributed by atoms with E-state index >= 15 is 0 Å². The Balaban J connectivity index is 1.48. The van der Waals surface area contributed by atoms with Crippen molar-refractivity contribution in [3.05, 3.63) is 24.3 Å². The van der Waals surface area contributed by atoms with Crippen LogP contribution in [0, 0.1) is 0 Å². The van der Waals surface area contributed by atoms with Gasteiger partial charge in [-0.25, -0.2) is 4.79 Å². The van der Waals surface area contributed by atoms with E-state index in [1.165, 1.54) is 7.11 Å². The summed E-state index contributed by atoms with van der Waals surface area (Å²) in [7, 11) is 1.36. The minimum atomic E-state index is -0.334. The molecule has 1 N–H and O–H groups in total. The summed E-state index contributed by atoms with van der Waals surface area (Å²) >= 11 is 0. The van der Waals surface area contributed by atoms with E-state index in [1.54, 1.807) is 9.80 Å². The number of hydrogen-bond acceptors (Lipinski definition) is 5. The van der Waals surface area contributed by atoms with Gasteiger partial charge in [-0.15, -0.1) is 0 Å². The number of hydrogen-bond donors (Lipinski definition) is 1. The van der Waals surface area contributed by atoms with Crippen molar-refractivity contribution < 1.29 is 23.9 Å². The standard InChI is InChI=1S/C18H23N3O5/c1-25-18(24)20-9-6-13(7-10-20)19-16(22)8-11-21-14-4-2-3-5-15(14)26-12-17(21)23/h2-5,13H,6-12H2,1H3,(H,19,22). The molecule has 0 unspecified atom stereocenters. The minimum absolute atomic E-state index is 0.00931. The molecule has 2 aliphatic rings. The third-order valence-corrected chi connectivity index (χ3v) is 4.66. The molecule has 0 bridgehead atoms. The zero-order chi connectivity index (χ0) is 18.5. The first-order valence-corrected chi connectivity index (χ1v) is 8.73. The molecule has 140 valence electrons. The third-order valence-electron chi connectivity index (χ3n) is 4.66. The predicted molar refractivity (Wildman–Crippen MR) is 94.0 cm³/mol. The minimum Gasteiger partial charge on any atom is -0.482 e. The Kier molecular flexibility index (Phi) is 5.60. The summed E-state index contributed by atoms with van der Waals surface area (Å²) in [6.07, 6.45) is 1.27. The summed E-state index contributed by atoms with van der Waals surface area (Å²) in [5, 5.41) is 2.99. The van der Waals surface area contributed by atoms with Crippen LogP contribution < -0.4 is 15.0 Å². The summed E-state index contributed by atoms with van der Waals surface area (Å²) in [6.45, 7) is 1.43. The number of carbonyl (C=O) groups excluding carboxylic acids is 3. The summed E-state index contributed by atoms with van der Waals surface area (Å²) in [4.78, 5) is 39.1. The van der Waals surface area contributed by atoms with Crippen LogP contribution >= 0.6 is 0 Å². The molecular weight excluding hydrogens is 338 g/mol. The van der Waals surface area contributed by atoms with Crippen LogP contribution in [0.25, 0.3) is 0 Å². The fourth-order valence-electron chi connectivity index (χ4n) is 3.25. The van der Waals surface area contributed by atoms with E-state index in [2.05, 4.69) is 5.32 Å². The highest BCUT2D eigenvalue weighted by atomic mass is 16.5. The Bertz CT molecular complexity index is 685. The van der Waals surface area contributed by atoms with Crippen LogP contribution in [0.3, 0.4) is 0 Å². The zero-order valence-corrected chi connectivity index (χ0v) is 14.8. The molecule has 0 aliphatic carbocycles. The molecule has 2 heterocycles. The maximum atomic E-state index is 12.3. The van der Waals surface area contributed by atoms with E-state index in [0.717, 1.165) is 0 Å². The predicted octanol–water partition coefficient (Wildman–Crippen LogP) is 1.15. The van der Waals surface area contributed by atoms with E-state index in [1.807, 2.05) is 24.3 Å². The molecule has 1 aromatic carbocycles. The Morgan fingerprint density at radius 1 is 1.27 bits per heavy atom. The van der Waals surface area contributed by atoms with E-state index in [0.29, 0.717) is 43.9 Å². The number of fused-ring (bicyclic) bond motifs is 1. The van der Waals surface area contributed by atoms with Crippen LogP contribution in [0.4, 0.5) is 10.5 Å². The second kappa shape index (κ2) is 8.07. The molecule has 1 fully saturated rings. The van der Waals surface area contributed by atoms with Gasteiger partial charge in [-0.3, -0.25) is 9.59 Å². The van der Waals surface area contributed by atoms with Crippen LogP contribution in [-0.2, 0) is 14.3 Å².